The van der Waals surface area contributed by atoms with E-state index in [9.17, 15) is 0 Å². The number of hydrogen-bond donors (Lipinski definition) is 0. The summed E-state index contributed by atoms with van der Waals surface area (Å²) < 4.78 is 0. The van der Waals surface area contributed by atoms with Gasteiger partial charge in [0.15, 0.2) is 7.98 Å². The highest BCUT2D eigenvalue weighted by Crippen LogP contribution is 2.07. The largest absolute Gasteiger partial charge is 0.352 e. The van der Waals surface area contributed by atoms with Crippen molar-refractivity contribution in [3.05, 3.63) is 35.4 Å². The van der Waals surface area contributed by atoms with Gasteiger partial charge in [-0.05, 0) is 38.5 Å². The lowest BCUT2D eigenvalue weighted by Crippen LogP contribution is -2.34. The lowest BCUT2D eigenvalue weighted by atomic mass is 10.1. The van der Waals surface area contributed by atoms with E-state index in [2.05, 4.69) is 63.8 Å². The molecule has 0 fully saturated rings. The minimum absolute atomic E-state index is 0.938. The van der Waals surface area contributed by atoms with Crippen LogP contribution in [0.5, 0.6) is 0 Å². The molecule has 27 heavy (non-hydrogen) atoms. The smallest absolute Gasteiger partial charge is 0.182 e. The Balaban J connectivity index is -0.000000253. The molecule has 3 heteroatoms. The number of nitrogens with zero attached hydrogens (tertiary/aromatic N) is 2. The van der Waals surface area contributed by atoms with E-state index in [-0.39, 0.29) is 0 Å². The zero-order valence-electron chi connectivity index (χ0n) is 20.7. The van der Waals surface area contributed by atoms with Gasteiger partial charge in [0.25, 0.3) is 0 Å². The van der Waals surface area contributed by atoms with Crippen molar-refractivity contribution in [2.45, 2.75) is 95.5 Å². The van der Waals surface area contributed by atoms with Crippen LogP contribution in [0.4, 0.5) is 0 Å². The van der Waals surface area contributed by atoms with E-state index in [0.717, 1.165) is 39.1 Å². The third kappa shape index (κ3) is 25.2. The summed E-state index contributed by atoms with van der Waals surface area (Å²) in [5.41, 5.74) is 2.71. The molecule has 0 saturated heterocycles. The van der Waals surface area contributed by atoms with Crippen LogP contribution in [-0.4, -0.2) is 43.9 Å². The monoisotopic (exact) mass is 378 g/mol. The van der Waals surface area contributed by atoms with Gasteiger partial charge in [-0.15, -0.1) is 0 Å². The first kappa shape index (κ1) is 33.8. The van der Waals surface area contributed by atoms with Gasteiger partial charge in [0.05, 0.1) is 0 Å². The maximum absolute atomic E-state index is 5.91. The third-order valence-corrected chi connectivity index (χ3v) is 3.15. The molecule has 0 heterocycles. The molecule has 0 aromatic heterocycles. The van der Waals surface area contributed by atoms with Gasteiger partial charge in [-0.25, -0.2) is 0 Å². The SMILES string of the molecule is CC.CC.CC.CCC.[B]N(CCC)CCN(CC)Cc1cccc(C)c1. The van der Waals surface area contributed by atoms with E-state index < -0.39 is 0 Å². The quantitative estimate of drug-likeness (QED) is 0.445. The Labute approximate surface area is 175 Å². The summed E-state index contributed by atoms with van der Waals surface area (Å²) in [4.78, 5) is 4.35. The summed E-state index contributed by atoms with van der Waals surface area (Å²) in [5, 5.41) is 0. The van der Waals surface area contributed by atoms with Crippen molar-refractivity contribution in [3.63, 3.8) is 0 Å². The van der Waals surface area contributed by atoms with E-state index in [1.54, 1.807) is 0 Å². The topological polar surface area (TPSA) is 6.48 Å². The number of aryl methyl sites for hydroxylation is 1. The molecule has 0 amide bonds. The second-order valence-corrected chi connectivity index (χ2v) is 5.60. The van der Waals surface area contributed by atoms with E-state index in [1.807, 2.05) is 46.4 Å². The molecule has 2 radical (unpaired) electrons. The zero-order chi connectivity index (χ0) is 22.1. The zero-order valence-corrected chi connectivity index (χ0v) is 20.7. The van der Waals surface area contributed by atoms with E-state index >= 15 is 0 Å². The van der Waals surface area contributed by atoms with Gasteiger partial charge in [-0.1, -0.05) is 105 Å². The highest BCUT2D eigenvalue weighted by Gasteiger charge is 2.05. The number of rotatable bonds is 8. The van der Waals surface area contributed by atoms with Crippen LogP contribution in [0.2, 0.25) is 0 Å². The summed E-state index contributed by atoms with van der Waals surface area (Å²) in [7, 11) is 5.91. The summed E-state index contributed by atoms with van der Waals surface area (Å²) in [6.45, 7) is 27.8. The number of likely N-dealkylation sites (N-methyl/N-ethyl adjacent to an activating group) is 1. The Morgan fingerprint density at radius 3 is 1.74 bits per heavy atom. The maximum Gasteiger partial charge on any atom is 0.182 e. The van der Waals surface area contributed by atoms with E-state index in [4.69, 9.17) is 7.98 Å². The average molecular weight is 378 g/mol. The lowest BCUT2D eigenvalue weighted by Gasteiger charge is -2.24. The van der Waals surface area contributed by atoms with Crippen molar-refractivity contribution in [1.29, 1.82) is 0 Å². The predicted molar refractivity (Wildman–Crippen MR) is 130 cm³/mol. The van der Waals surface area contributed by atoms with Crippen LogP contribution in [-0.2, 0) is 6.54 Å². The Bertz CT molecular complexity index is 356. The van der Waals surface area contributed by atoms with Crippen molar-refractivity contribution in [1.82, 2.24) is 9.71 Å². The van der Waals surface area contributed by atoms with Crippen LogP contribution in [0.1, 0.15) is 93.2 Å². The van der Waals surface area contributed by atoms with Gasteiger partial charge in [0.1, 0.15) is 0 Å². The molecule has 0 aliphatic rings. The van der Waals surface area contributed by atoms with Crippen molar-refractivity contribution in [3.8, 4) is 0 Å². The molecule has 0 N–H and O–H groups in total. The fraction of sp³-hybridized carbons (Fsp3) is 0.750. The van der Waals surface area contributed by atoms with Gasteiger partial charge in [-0.2, -0.15) is 0 Å². The molecule has 160 valence electrons. The van der Waals surface area contributed by atoms with E-state index in [1.165, 1.54) is 17.5 Å². The normalized spacial score (nSPS) is 8.93. The van der Waals surface area contributed by atoms with Crippen LogP contribution in [0.15, 0.2) is 24.3 Å². The maximum atomic E-state index is 5.91. The standard InChI is InChI=1S/C15H25BN2.C3H8.3C2H6/c1-4-9-18(16)11-10-17(5-2)13-15-8-6-7-14(3)12-15;1-3-2;3*1-2/h6-8,12H,4-5,9-11,13H2,1-3H3;3H2,1-2H3;3*1-2H3. The predicted octanol–water partition coefficient (Wildman–Crippen LogP) is 7.11. The van der Waals surface area contributed by atoms with Crippen molar-refractivity contribution < 1.29 is 0 Å². The minimum atomic E-state index is 0.938. The molecule has 0 aliphatic heterocycles. The molecule has 1 aromatic rings. The third-order valence-electron chi connectivity index (χ3n) is 3.15. The molecular weight excluding hydrogens is 327 g/mol. The molecule has 0 bridgehead atoms. The molecule has 0 unspecified atom stereocenters. The molecule has 2 nitrogen and oxygen atoms in total. The Kier molecular flexibility index (Phi) is 37.5. The molecule has 1 aromatic carbocycles. The molecule has 0 spiro atoms. The van der Waals surface area contributed by atoms with Crippen LogP contribution in [0.25, 0.3) is 0 Å². The van der Waals surface area contributed by atoms with Crippen molar-refractivity contribution in [2.75, 3.05) is 26.2 Å². The lowest BCUT2D eigenvalue weighted by molar-refractivity contribution is 0.255. The molecular formula is C24H51BN2. The summed E-state index contributed by atoms with van der Waals surface area (Å²) >= 11 is 0. The summed E-state index contributed by atoms with van der Waals surface area (Å²) in [6.07, 6.45) is 2.36. The fourth-order valence-electron chi connectivity index (χ4n) is 2.09. The van der Waals surface area contributed by atoms with Crippen LogP contribution >= 0.6 is 0 Å². The van der Waals surface area contributed by atoms with Crippen LogP contribution in [0, 0.1) is 6.92 Å². The molecule has 0 atom stereocenters. The van der Waals surface area contributed by atoms with Crippen molar-refractivity contribution in [2.24, 2.45) is 0 Å². The van der Waals surface area contributed by atoms with Gasteiger partial charge >= 0.3 is 0 Å². The Morgan fingerprint density at radius 1 is 0.815 bits per heavy atom. The first-order valence-corrected chi connectivity index (χ1v) is 11.3. The Hall–Kier alpha value is -0.795. The first-order chi connectivity index (χ1) is 13.1. The van der Waals surface area contributed by atoms with Crippen LogP contribution < -0.4 is 0 Å². The minimum Gasteiger partial charge on any atom is -0.352 e. The molecule has 0 aliphatic carbocycles. The second-order valence-electron chi connectivity index (χ2n) is 5.60. The Morgan fingerprint density at radius 2 is 1.33 bits per heavy atom. The molecule has 0 saturated carbocycles. The number of benzene rings is 1. The summed E-state index contributed by atoms with van der Waals surface area (Å²) in [6, 6.07) is 8.73. The second kappa shape index (κ2) is 29.9. The van der Waals surface area contributed by atoms with Gasteiger partial charge in [0, 0.05) is 13.1 Å². The van der Waals surface area contributed by atoms with Crippen molar-refractivity contribution >= 4 is 7.98 Å². The average Bonchev–Trinajstić information content (AvgIpc) is 2.70. The first-order valence-electron chi connectivity index (χ1n) is 11.3. The highest BCUT2D eigenvalue weighted by molar-refractivity contribution is 6.04. The number of hydrogen-bond acceptors (Lipinski definition) is 2. The van der Waals surface area contributed by atoms with Crippen LogP contribution in [0.3, 0.4) is 0 Å². The van der Waals surface area contributed by atoms with Gasteiger partial charge < -0.3 is 4.81 Å². The van der Waals surface area contributed by atoms with Gasteiger partial charge in [0.2, 0.25) is 0 Å². The fourth-order valence-corrected chi connectivity index (χ4v) is 2.09. The van der Waals surface area contributed by atoms with E-state index in [0.29, 0.717) is 0 Å². The summed E-state index contributed by atoms with van der Waals surface area (Å²) in [5.74, 6) is 0. The highest BCUT2D eigenvalue weighted by atomic mass is 15.2. The van der Waals surface area contributed by atoms with Gasteiger partial charge in [-0.3, -0.25) is 4.90 Å². The molecule has 1 rings (SSSR count).